The molecule has 0 heterocycles. The Kier molecular flexibility index (Phi) is 4.80. The summed E-state index contributed by atoms with van der Waals surface area (Å²) in [5.41, 5.74) is 0.512. The van der Waals surface area contributed by atoms with Gasteiger partial charge in [0.05, 0.1) is 4.90 Å². The van der Waals surface area contributed by atoms with Gasteiger partial charge in [-0.3, -0.25) is 4.79 Å². The Morgan fingerprint density at radius 1 is 1.29 bits per heavy atom. The van der Waals surface area contributed by atoms with Crippen LogP contribution in [-0.4, -0.2) is 32.7 Å². The van der Waals surface area contributed by atoms with E-state index in [1.54, 1.807) is 12.1 Å². The SMILES string of the molecule is CN(C)S(=O)(=O)c1cccc(NC(=O)[C@@H]2CC=CCC2)c1. The molecule has 0 saturated heterocycles. The molecule has 1 N–H and O–H groups in total. The topological polar surface area (TPSA) is 66.5 Å². The molecule has 2 rings (SSSR count). The molecular formula is C15H20N2O3S. The van der Waals surface area contributed by atoms with Crippen molar-refractivity contribution in [1.29, 1.82) is 0 Å². The third kappa shape index (κ3) is 3.71. The number of amides is 1. The van der Waals surface area contributed by atoms with Crippen LogP contribution < -0.4 is 5.32 Å². The number of hydrogen-bond acceptors (Lipinski definition) is 3. The molecule has 1 atom stereocenters. The predicted molar refractivity (Wildman–Crippen MR) is 82.4 cm³/mol. The van der Waals surface area contributed by atoms with Gasteiger partial charge in [0.25, 0.3) is 0 Å². The first kappa shape index (κ1) is 15.7. The Labute approximate surface area is 125 Å². The monoisotopic (exact) mass is 308 g/mol. The largest absolute Gasteiger partial charge is 0.326 e. The Balaban J connectivity index is 2.15. The van der Waals surface area contributed by atoms with E-state index < -0.39 is 10.0 Å². The summed E-state index contributed by atoms with van der Waals surface area (Å²) in [4.78, 5) is 12.3. The van der Waals surface area contributed by atoms with Crippen LogP contribution in [-0.2, 0) is 14.8 Å². The zero-order chi connectivity index (χ0) is 15.5. The first-order chi connectivity index (χ1) is 9.91. The Morgan fingerprint density at radius 3 is 2.67 bits per heavy atom. The summed E-state index contributed by atoms with van der Waals surface area (Å²) in [5.74, 6) is -0.0946. The molecule has 0 aliphatic heterocycles. The molecule has 0 bridgehead atoms. The van der Waals surface area contributed by atoms with Crippen LogP contribution in [0.5, 0.6) is 0 Å². The Hall–Kier alpha value is -1.66. The molecule has 0 aromatic heterocycles. The van der Waals surface area contributed by atoms with Crippen molar-refractivity contribution in [1.82, 2.24) is 4.31 Å². The second-order valence-electron chi connectivity index (χ2n) is 5.29. The molecule has 0 fully saturated rings. The lowest BCUT2D eigenvalue weighted by molar-refractivity contribution is -0.120. The van der Waals surface area contributed by atoms with Crippen molar-refractivity contribution in [3.05, 3.63) is 36.4 Å². The van der Waals surface area contributed by atoms with Crippen molar-refractivity contribution in [3.8, 4) is 0 Å². The van der Waals surface area contributed by atoms with E-state index in [9.17, 15) is 13.2 Å². The van der Waals surface area contributed by atoms with Crippen molar-refractivity contribution < 1.29 is 13.2 Å². The van der Waals surface area contributed by atoms with Gasteiger partial charge in [-0.15, -0.1) is 0 Å². The molecule has 114 valence electrons. The summed E-state index contributed by atoms with van der Waals surface area (Å²) in [6, 6.07) is 6.35. The normalized spacial score (nSPS) is 18.7. The van der Waals surface area contributed by atoms with Gasteiger partial charge in [-0.2, -0.15) is 0 Å². The van der Waals surface area contributed by atoms with Crippen LogP contribution in [0.15, 0.2) is 41.3 Å². The lowest BCUT2D eigenvalue weighted by Gasteiger charge is -2.18. The van der Waals surface area contributed by atoms with E-state index in [0.29, 0.717) is 5.69 Å². The second-order valence-corrected chi connectivity index (χ2v) is 7.44. The molecule has 1 aliphatic rings. The molecule has 0 radical (unpaired) electrons. The van der Waals surface area contributed by atoms with Gasteiger partial charge in [0.2, 0.25) is 15.9 Å². The first-order valence-corrected chi connectivity index (χ1v) is 8.34. The number of nitrogens with one attached hydrogen (secondary N) is 1. The number of allylic oxidation sites excluding steroid dienone is 2. The van der Waals surface area contributed by atoms with Crippen LogP contribution in [0.1, 0.15) is 19.3 Å². The fourth-order valence-electron chi connectivity index (χ4n) is 2.22. The lowest BCUT2D eigenvalue weighted by Crippen LogP contribution is -2.24. The van der Waals surface area contributed by atoms with Crippen molar-refractivity contribution in [2.75, 3.05) is 19.4 Å². The third-order valence-corrected chi connectivity index (χ3v) is 5.33. The molecule has 6 heteroatoms. The van der Waals surface area contributed by atoms with E-state index in [2.05, 4.69) is 11.4 Å². The van der Waals surface area contributed by atoms with Gasteiger partial charge in [0, 0.05) is 25.7 Å². The van der Waals surface area contributed by atoms with E-state index in [0.717, 1.165) is 23.6 Å². The number of anilines is 1. The number of carbonyl (C=O) groups excluding carboxylic acids is 1. The van der Waals surface area contributed by atoms with Crippen molar-refractivity contribution in [2.45, 2.75) is 24.2 Å². The van der Waals surface area contributed by atoms with Crippen molar-refractivity contribution >= 4 is 21.6 Å². The highest BCUT2D eigenvalue weighted by Gasteiger charge is 2.20. The highest BCUT2D eigenvalue weighted by atomic mass is 32.2. The third-order valence-electron chi connectivity index (χ3n) is 3.52. The maximum Gasteiger partial charge on any atom is 0.242 e. The maximum absolute atomic E-state index is 12.2. The average Bonchev–Trinajstić information content (AvgIpc) is 2.48. The average molecular weight is 308 g/mol. The van der Waals surface area contributed by atoms with Crippen LogP contribution in [0.25, 0.3) is 0 Å². The number of sulfonamides is 1. The molecule has 1 amide bonds. The molecule has 1 aromatic carbocycles. The summed E-state index contributed by atoms with van der Waals surface area (Å²) in [6.07, 6.45) is 6.57. The van der Waals surface area contributed by atoms with Gasteiger partial charge >= 0.3 is 0 Å². The smallest absolute Gasteiger partial charge is 0.242 e. The van der Waals surface area contributed by atoms with Gasteiger partial charge < -0.3 is 5.32 Å². The summed E-state index contributed by atoms with van der Waals surface area (Å²) in [5, 5.41) is 2.81. The second kappa shape index (κ2) is 6.41. The number of benzene rings is 1. The van der Waals surface area contributed by atoms with E-state index in [-0.39, 0.29) is 16.7 Å². The zero-order valence-corrected chi connectivity index (χ0v) is 13.1. The van der Waals surface area contributed by atoms with Gasteiger partial charge in [0.1, 0.15) is 0 Å². The van der Waals surface area contributed by atoms with Crippen LogP contribution in [0, 0.1) is 5.92 Å². The molecule has 0 spiro atoms. The standard InChI is InChI=1S/C15H20N2O3S/c1-17(2)21(19,20)14-10-6-9-13(11-14)16-15(18)12-7-4-3-5-8-12/h3-4,6,9-12H,5,7-8H2,1-2H3,(H,16,18)/t12-/m1/s1. The molecule has 21 heavy (non-hydrogen) atoms. The summed E-state index contributed by atoms with van der Waals surface area (Å²) in [6.45, 7) is 0. The minimum absolute atomic E-state index is 0.0379. The van der Waals surface area contributed by atoms with E-state index in [1.165, 1.54) is 26.2 Å². The molecule has 1 aromatic rings. The van der Waals surface area contributed by atoms with Crippen LogP contribution in [0.4, 0.5) is 5.69 Å². The molecule has 0 unspecified atom stereocenters. The highest BCUT2D eigenvalue weighted by molar-refractivity contribution is 7.89. The number of hydrogen-bond donors (Lipinski definition) is 1. The number of carbonyl (C=O) groups is 1. The minimum atomic E-state index is -3.49. The van der Waals surface area contributed by atoms with Crippen LogP contribution >= 0.6 is 0 Å². The van der Waals surface area contributed by atoms with E-state index in [1.807, 2.05) is 6.08 Å². The molecule has 0 saturated carbocycles. The number of nitrogens with zero attached hydrogens (tertiary/aromatic N) is 1. The van der Waals surface area contributed by atoms with E-state index >= 15 is 0 Å². The van der Waals surface area contributed by atoms with Gasteiger partial charge in [-0.1, -0.05) is 18.2 Å². The summed E-state index contributed by atoms with van der Waals surface area (Å²) < 4.78 is 25.3. The summed E-state index contributed by atoms with van der Waals surface area (Å²) >= 11 is 0. The van der Waals surface area contributed by atoms with Crippen molar-refractivity contribution in [3.63, 3.8) is 0 Å². The Bertz CT molecular complexity index is 651. The first-order valence-electron chi connectivity index (χ1n) is 6.89. The van der Waals surface area contributed by atoms with Crippen molar-refractivity contribution in [2.24, 2.45) is 5.92 Å². The summed E-state index contributed by atoms with van der Waals surface area (Å²) in [7, 11) is -0.527. The quantitative estimate of drug-likeness (QED) is 0.867. The Morgan fingerprint density at radius 2 is 2.05 bits per heavy atom. The number of rotatable bonds is 4. The zero-order valence-electron chi connectivity index (χ0n) is 12.2. The maximum atomic E-state index is 12.2. The fraction of sp³-hybridized carbons (Fsp3) is 0.400. The predicted octanol–water partition coefficient (Wildman–Crippen LogP) is 2.23. The molecule has 5 nitrogen and oxygen atoms in total. The molecular weight excluding hydrogens is 288 g/mol. The molecule has 1 aliphatic carbocycles. The van der Waals surface area contributed by atoms with E-state index in [4.69, 9.17) is 0 Å². The van der Waals surface area contributed by atoms with Crippen LogP contribution in [0.3, 0.4) is 0 Å². The lowest BCUT2D eigenvalue weighted by atomic mass is 9.93. The minimum Gasteiger partial charge on any atom is -0.326 e. The van der Waals surface area contributed by atoms with Gasteiger partial charge in [0.15, 0.2) is 0 Å². The van der Waals surface area contributed by atoms with Crippen LogP contribution in [0.2, 0.25) is 0 Å². The van der Waals surface area contributed by atoms with Gasteiger partial charge in [-0.25, -0.2) is 12.7 Å². The van der Waals surface area contributed by atoms with Gasteiger partial charge in [-0.05, 0) is 37.5 Å². The highest BCUT2D eigenvalue weighted by Crippen LogP contribution is 2.22. The fourth-order valence-corrected chi connectivity index (χ4v) is 3.17.